The molecule has 0 spiro atoms. The Morgan fingerprint density at radius 2 is 1.46 bits per heavy atom. The zero-order valence-electron chi connectivity index (χ0n) is 13.9. The van der Waals surface area contributed by atoms with Gasteiger partial charge in [-0.3, -0.25) is 9.59 Å². The number of anilines is 2. The second-order valence-corrected chi connectivity index (χ2v) is 7.44. The summed E-state index contributed by atoms with van der Waals surface area (Å²) in [4.78, 5) is 25.5. The molecule has 2 amide bonds. The van der Waals surface area contributed by atoms with Crippen LogP contribution in [0, 0.1) is 11.8 Å². The number of hydrogen-bond donors (Lipinski definition) is 2. The van der Waals surface area contributed by atoms with Gasteiger partial charge in [0.1, 0.15) is 0 Å². The minimum absolute atomic E-state index is 0.156. The first-order valence-corrected chi connectivity index (χ1v) is 9.48. The number of carbonyl (C=O) groups excluding carboxylic acids is 2. The van der Waals surface area contributed by atoms with Crippen LogP contribution in [0.15, 0.2) is 65.2 Å². The number of para-hydroxylation sites is 1. The topological polar surface area (TPSA) is 58.2 Å². The van der Waals surface area contributed by atoms with E-state index in [1.165, 1.54) is 0 Å². The van der Waals surface area contributed by atoms with Gasteiger partial charge in [0.15, 0.2) is 0 Å². The largest absolute Gasteiger partial charge is 0.326 e. The Morgan fingerprint density at radius 3 is 2.08 bits per heavy atom. The maximum absolute atomic E-state index is 12.7. The van der Waals surface area contributed by atoms with Gasteiger partial charge in [-0.05, 0) is 49.2 Å². The van der Waals surface area contributed by atoms with Crippen LogP contribution in [0.1, 0.15) is 12.8 Å². The molecule has 2 aromatic rings. The van der Waals surface area contributed by atoms with Crippen LogP contribution in [0.4, 0.5) is 11.4 Å². The molecule has 3 rings (SSSR count). The van der Waals surface area contributed by atoms with Crippen molar-refractivity contribution in [1.82, 2.24) is 0 Å². The Labute approximate surface area is 165 Å². The van der Waals surface area contributed by atoms with E-state index in [1.807, 2.05) is 36.4 Å². The lowest BCUT2D eigenvalue weighted by Crippen LogP contribution is -2.37. The van der Waals surface area contributed by atoms with Gasteiger partial charge in [0.05, 0.1) is 22.5 Å². The summed E-state index contributed by atoms with van der Waals surface area (Å²) in [5.74, 6) is -1.22. The van der Waals surface area contributed by atoms with Crippen molar-refractivity contribution in [2.75, 3.05) is 10.6 Å². The van der Waals surface area contributed by atoms with Crippen molar-refractivity contribution < 1.29 is 9.59 Å². The predicted molar refractivity (Wildman–Crippen MR) is 108 cm³/mol. The third-order valence-corrected chi connectivity index (χ3v) is 5.21. The van der Waals surface area contributed by atoms with Crippen LogP contribution >= 0.6 is 27.5 Å². The van der Waals surface area contributed by atoms with Crippen LogP contribution in [-0.4, -0.2) is 11.8 Å². The van der Waals surface area contributed by atoms with Crippen molar-refractivity contribution in [3.63, 3.8) is 0 Å². The highest BCUT2D eigenvalue weighted by atomic mass is 79.9. The van der Waals surface area contributed by atoms with Crippen molar-refractivity contribution in [2.24, 2.45) is 11.8 Å². The van der Waals surface area contributed by atoms with Crippen molar-refractivity contribution in [1.29, 1.82) is 0 Å². The van der Waals surface area contributed by atoms with Gasteiger partial charge in [0.2, 0.25) is 11.8 Å². The Morgan fingerprint density at radius 1 is 0.885 bits per heavy atom. The number of benzene rings is 2. The zero-order valence-corrected chi connectivity index (χ0v) is 16.3. The zero-order chi connectivity index (χ0) is 18.5. The quantitative estimate of drug-likeness (QED) is 0.646. The maximum Gasteiger partial charge on any atom is 0.228 e. The van der Waals surface area contributed by atoms with E-state index in [4.69, 9.17) is 11.6 Å². The van der Waals surface area contributed by atoms with E-state index in [0.717, 1.165) is 4.47 Å². The fourth-order valence-electron chi connectivity index (χ4n) is 2.95. The summed E-state index contributed by atoms with van der Waals surface area (Å²) in [6, 6.07) is 14.4. The number of carbonyl (C=O) groups is 2. The minimum Gasteiger partial charge on any atom is -0.326 e. The van der Waals surface area contributed by atoms with Gasteiger partial charge < -0.3 is 10.6 Å². The van der Waals surface area contributed by atoms with Gasteiger partial charge in [0.25, 0.3) is 0 Å². The molecule has 0 saturated heterocycles. The summed E-state index contributed by atoms with van der Waals surface area (Å²) in [5, 5.41) is 6.22. The van der Waals surface area contributed by atoms with Gasteiger partial charge in [-0.25, -0.2) is 0 Å². The molecule has 0 aliphatic heterocycles. The molecule has 0 heterocycles. The lowest BCUT2D eigenvalue weighted by atomic mass is 9.81. The van der Waals surface area contributed by atoms with E-state index >= 15 is 0 Å². The summed E-state index contributed by atoms with van der Waals surface area (Å²) >= 11 is 9.48. The monoisotopic (exact) mass is 432 g/mol. The number of allylic oxidation sites excluding steroid dienone is 2. The van der Waals surface area contributed by atoms with E-state index in [9.17, 15) is 9.59 Å². The molecule has 2 aromatic carbocycles. The van der Waals surface area contributed by atoms with E-state index < -0.39 is 11.8 Å². The number of amides is 2. The number of rotatable bonds is 4. The average molecular weight is 434 g/mol. The van der Waals surface area contributed by atoms with Gasteiger partial charge in [-0.2, -0.15) is 0 Å². The van der Waals surface area contributed by atoms with Crippen LogP contribution in [0.2, 0.25) is 5.02 Å². The van der Waals surface area contributed by atoms with Crippen molar-refractivity contribution >= 4 is 50.7 Å². The number of nitrogens with one attached hydrogen (secondary N) is 2. The lowest BCUT2D eigenvalue weighted by molar-refractivity contribution is -0.129. The Bertz CT molecular complexity index is 836. The predicted octanol–water partition coefficient (Wildman–Crippen LogP) is 5.26. The van der Waals surface area contributed by atoms with Crippen molar-refractivity contribution in [3.8, 4) is 0 Å². The minimum atomic E-state index is -0.438. The fraction of sp³-hybridized carbons (Fsp3) is 0.200. The summed E-state index contributed by atoms with van der Waals surface area (Å²) in [6.45, 7) is 0. The second kappa shape index (κ2) is 8.52. The van der Waals surface area contributed by atoms with E-state index in [0.29, 0.717) is 29.2 Å². The van der Waals surface area contributed by atoms with Crippen LogP contribution < -0.4 is 10.6 Å². The molecule has 0 radical (unpaired) electrons. The molecule has 1 aliphatic carbocycles. The first-order valence-electron chi connectivity index (χ1n) is 8.31. The number of hydrogen-bond acceptors (Lipinski definition) is 2. The van der Waals surface area contributed by atoms with Crippen molar-refractivity contribution in [3.05, 3.63) is 70.2 Å². The second-order valence-electron chi connectivity index (χ2n) is 6.12. The molecule has 2 atom stereocenters. The summed E-state index contributed by atoms with van der Waals surface area (Å²) in [6.07, 6.45) is 4.95. The molecule has 4 nitrogen and oxygen atoms in total. The Hall–Kier alpha value is -2.11. The van der Waals surface area contributed by atoms with Crippen LogP contribution in [0.25, 0.3) is 0 Å². The molecule has 0 bridgehead atoms. The maximum atomic E-state index is 12.7. The molecule has 0 unspecified atom stereocenters. The SMILES string of the molecule is O=C(Nc1ccc(Br)cc1)[C@H]1CC=CC[C@H]1C(=O)Nc1ccccc1Cl. The fourth-order valence-corrected chi connectivity index (χ4v) is 3.40. The van der Waals surface area contributed by atoms with Crippen molar-refractivity contribution in [2.45, 2.75) is 12.8 Å². The lowest BCUT2D eigenvalue weighted by Gasteiger charge is -2.27. The molecular formula is C20H18BrClN2O2. The summed E-state index contributed by atoms with van der Waals surface area (Å²) in [5.41, 5.74) is 1.26. The highest BCUT2D eigenvalue weighted by Crippen LogP contribution is 2.30. The van der Waals surface area contributed by atoms with Gasteiger partial charge in [-0.1, -0.05) is 51.8 Å². The normalized spacial score (nSPS) is 19.0. The summed E-state index contributed by atoms with van der Waals surface area (Å²) in [7, 11) is 0. The molecule has 0 fully saturated rings. The highest BCUT2D eigenvalue weighted by molar-refractivity contribution is 9.10. The molecule has 2 N–H and O–H groups in total. The summed E-state index contributed by atoms with van der Waals surface area (Å²) < 4.78 is 0.938. The molecule has 6 heteroatoms. The van der Waals surface area contributed by atoms with E-state index in [-0.39, 0.29) is 11.8 Å². The first-order chi connectivity index (χ1) is 12.5. The molecule has 0 aromatic heterocycles. The Kier molecular flexibility index (Phi) is 6.12. The molecular weight excluding hydrogens is 416 g/mol. The van der Waals surface area contributed by atoms with Gasteiger partial charge in [0, 0.05) is 10.2 Å². The molecule has 134 valence electrons. The Balaban J connectivity index is 1.72. The van der Waals surface area contributed by atoms with Crippen LogP contribution in [0.5, 0.6) is 0 Å². The number of halogens is 2. The third kappa shape index (κ3) is 4.54. The average Bonchev–Trinajstić information content (AvgIpc) is 2.65. The standard InChI is InChI=1S/C20H18BrClN2O2/c21-13-9-11-14(12-10-13)23-19(25)15-5-1-2-6-16(15)20(26)24-18-8-4-3-7-17(18)22/h1-4,7-12,15-16H,5-6H2,(H,23,25)(H,24,26)/t15-,16+/m0/s1. The first kappa shape index (κ1) is 18.7. The molecule has 1 aliphatic rings. The van der Waals surface area contributed by atoms with Gasteiger partial charge in [-0.15, -0.1) is 0 Å². The smallest absolute Gasteiger partial charge is 0.228 e. The van der Waals surface area contributed by atoms with E-state index in [1.54, 1.807) is 24.3 Å². The molecule has 0 saturated carbocycles. The van der Waals surface area contributed by atoms with Crippen LogP contribution in [-0.2, 0) is 9.59 Å². The highest BCUT2D eigenvalue weighted by Gasteiger charge is 2.34. The molecule has 26 heavy (non-hydrogen) atoms. The van der Waals surface area contributed by atoms with E-state index in [2.05, 4.69) is 26.6 Å². The van der Waals surface area contributed by atoms with Crippen LogP contribution in [0.3, 0.4) is 0 Å². The third-order valence-electron chi connectivity index (χ3n) is 4.35. The van der Waals surface area contributed by atoms with Gasteiger partial charge >= 0.3 is 0 Å².